The molecule has 1 fully saturated rings. The highest BCUT2D eigenvalue weighted by atomic mass is 16.1. The first-order chi connectivity index (χ1) is 14.7. The lowest BCUT2D eigenvalue weighted by Crippen LogP contribution is -2.14. The number of nitrogens with one attached hydrogen (secondary N) is 1. The number of carbonyl (C=O) groups excluding carboxylic acids is 1. The van der Waals surface area contributed by atoms with Gasteiger partial charge in [-0.2, -0.15) is 10.4 Å². The van der Waals surface area contributed by atoms with Crippen molar-refractivity contribution in [2.45, 2.75) is 25.2 Å². The van der Waals surface area contributed by atoms with Crippen LogP contribution in [0.25, 0.3) is 16.8 Å². The van der Waals surface area contributed by atoms with Gasteiger partial charge in [-0.25, -0.2) is 9.50 Å². The van der Waals surface area contributed by atoms with Crippen molar-refractivity contribution in [2.75, 3.05) is 5.32 Å². The van der Waals surface area contributed by atoms with Crippen LogP contribution in [0.15, 0.2) is 67.1 Å². The highest BCUT2D eigenvalue weighted by Gasteiger charge is 2.26. The second-order valence-corrected chi connectivity index (χ2v) is 7.59. The average molecular weight is 393 g/mol. The summed E-state index contributed by atoms with van der Waals surface area (Å²) >= 11 is 0. The Morgan fingerprint density at radius 3 is 2.70 bits per heavy atom. The SMILES string of the molecule is N#Cc1cc(NC(=O)Cc2ccc(-c3ccn4ncnc4c3)cc2)ccc1C1CC1. The summed E-state index contributed by atoms with van der Waals surface area (Å²) in [5.41, 5.74) is 6.24. The summed E-state index contributed by atoms with van der Waals surface area (Å²) in [6, 6.07) is 19.8. The van der Waals surface area contributed by atoms with Crippen LogP contribution in [0.4, 0.5) is 5.69 Å². The molecule has 1 aliphatic carbocycles. The summed E-state index contributed by atoms with van der Waals surface area (Å²) < 4.78 is 1.72. The molecule has 4 aromatic rings. The zero-order valence-electron chi connectivity index (χ0n) is 16.2. The first-order valence-corrected chi connectivity index (χ1v) is 9.92. The normalized spacial score (nSPS) is 13.2. The fraction of sp³-hybridized carbons (Fsp3) is 0.167. The molecule has 5 rings (SSSR count). The number of nitrogens with zero attached hydrogens (tertiary/aromatic N) is 4. The van der Waals surface area contributed by atoms with Crippen molar-refractivity contribution in [3.05, 3.63) is 83.8 Å². The lowest BCUT2D eigenvalue weighted by Gasteiger charge is -2.09. The fourth-order valence-electron chi connectivity index (χ4n) is 3.68. The van der Waals surface area contributed by atoms with Crippen molar-refractivity contribution in [2.24, 2.45) is 0 Å². The van der Waals surface area contributed by atoms with Gasteiger partial charge < -0.3 is 5.32 Å². The second-order valence-electron chi connectivity index (χ2n) is 7.59. The molecule has 1 saturated carbocycles. The van der Waals surface area contributed by atoms with Gasteiger partial charge in [-0.15, -0.1) is 0 Å². The Labute approximate surface area is 173 Å². The van der Waals surface area contributed by atoms with E-state index in [1.807, 2.05) is 54.7 Å². The van der Waals surface area contributed by atoms with Crippen LogP contribution in [0, 0.1) is 11.3 Å². The maximum absolute atomic E-state index is 12.5. The lowest BCUT2D eigenvalue weighted by atomic mass is 10.0. The molecule has 1 amide bonds. The summed E-state index contributed by atoms with van der Waals surface area (Å²) in [5, 5.41) is 16.4. The maximum Gasteiger partial charge on any atom is 0.228 e. The number of fused-ring (bicyclic) bond motifs is 1. The second kappa shape index (κ2) is 7.45. The van der Waals surface area contributed by atoms with E-state index in [1.165, 1.54) is 6.33 Å². The van der Waals surface area contributed by atoms with Gasteiger partial charge in [0, 0.05) is 11.9 Å². The van der Waals surface area contributed by atoms with Gasteiger partial charge in [0.1, 0.15) is 6.33 Å². The van der Waals surface area contributed by atoms with E-state index in [0.717, 1.165) is 40.7 Å². The molecule has 2 aromatic carbocycles. The number of hydrogen-bond donors (Lipinski definition) is 1. The molecule has 0 aliphatic heterocycles. The molecule has 2 aromatic heterocycles. The molecule has 0 radical (unpaired) electrons. The summed E-state index contributed by atoms with van der Waals surface area (Å²) in [6.45, 7) is 0. The van der Waals surface area contributed by atoms with Crippen LogP contribution in [-0.2, 0) is 11.2 Å². The quantitative estimate of drug-likeness (QED) is 0.547. The molecule has 0 bridgehead atoms. The van der Waals surface area contributed by atoms with Crippen LogP contribution in [0.1, 0.15) is 35.4 Å². The third-order valence-corrected chi connectivity index (χ3v) is 5.41. The predicted octanol–water partition coefficient (Wildman–Crippen LogP) is 4.33. The minimum absolute atomic E-state index is 0.101. The van der Waals surface area contributed by atoms with E-state index in [-0.39, 0.29) is 12.3 Å². The zero-order valence-corrected chi connectivity index (χ0v) is 16.2. The van der Waals surface area contributed by atoms with Crippen molar-refractivity contribution in [3.63, 3.8) is 0 Å². The maximum atomic E-state index is 12.5. The van der Waals surface area contributed by atoms with Gasteiger partial charge in [0.25, 0.3) is 0 Å². The fourth-order valence-corrected chi connectivity index (χ4v) is 3.68. The molecule has 2 heterocycles. The van der Waals surface area contributed by atoms with Crippen molar-refractivity contribution in [1.29, 1.82) is 5.26 Å². The van der Waals surface area contributed by atoms with E-state index >= 15 is 0 Å². The first kappa shape index (κ1) is 18.1. The summed E-state index contributed by atoms with van der Waals surface area (Å²) in [7, 11) is 0. The number of benzene rings is 2. The number of carbonyl (C=O) groups is 1. The Morgan fingerprint density at radius 2 is 1.93 bits per heavy atom. The van der Waals surface area contributed by atoms with Crippen LogP contribution < -0.4 is 5.32 Å². The van der Waals surface area contributed by atoms with Gasteiger partial charge in [0.2, 0.25) is 5.91 Å². The van der Waals surface area contributed by atoms with E-state index in [1.54, 1.807) is 10.6 Å². The van der Waals surface area contributed by atoms with Crippen LogP contribution in [0.3, 0.4) is 0 Å². The molecule has 0 unspecified atom stereocenters. The number of anilines is 1. The monoisotopic (exact) mass is 393 g/mol. The third-order valence-electron chi connectivity index (χ3n) is 5.41. The Morgan fingerprint density at radius 1 is 1.10 bits per heavy atom. The lowest BCUT2D eigenvalue weighted by molar-refractivity contribution is -0.115. The van der Waals surface area contributed by atoms with E-state index < -0.39 is 0 Å². The van der Waals surface area contributed by atoms with E-state index in [9.17, 15) is 10.1 Å². The Bertz CT molecular complexity index is 1280. The summed E-state index contributed by atoms with van der Waals surface area (Å²) in [4.78, 5) is 16.7. The third kappa shape index (κ3) is 3.65. The molecule has 30 heavy (non-hydrogen) atoms. The number of pyridine rings is 1. The van der Waals surface area contributed by atoms with Crippen LogP contribution in [0.5, 0.6) is 0 Å². The highest BCUT2D eigenvalue weighted by molar-refractivity contribution is 5.92. The van der Waals surface area contributed by atoms with Gasteiger partial charge in [-0.05, 0) is 65.3 Å². The van der Waals surface area contributed by atoms with Gasteiger partial charge >= 0.3 is 0 Å². The Kier molecular flexibility index (Phi) is 4.49. The predicted molar refractivity (Wildman–Crippen MR) is 114 cm³/mol. The van der Waals surface area contributed by atoms with Gasteiger partial charge in [-0.1, -0.05) is 30.3 Å². The standard InChI is InChI=1S/C24H19N5O/c25-14-20-12-21(7-8-22(20)18-5-6-18)28-24(30)11-16-1-3-17(4-2-16)19-9-10-29-23(13-19)26-15-27-29/h1-4,7-10,12-13,15,18H,5-6,11H2,(H,28,30). The molecule has 0 saturated heterocycles. The number of amides is 1. The smallest absolute Gasteiger partial charge is 0.228 e. The van der Waals surface area contributed by atoms with E-state index in [2.05, 4.69) is 21.5 Å². The summed E-state index contributed by atoms with van der Waals surface area (Å²) in [6.07, 6.45) is 5.96. The van der Waals surface area contributed by atoms with E-state index in [0.29, 0.717) is 17.2 Å². The molecule has 1 aliphatic rings. The van der Waals surface area contributed by atoms with Crippen molar-refractivity contribution >= 4 is 17.2 Å². The van der Waals surface area contributed by atoms with Crippen LogP contribution in [0.2, 0.25) is 0 Å². The first-order valence-electron chi connectivity index (χ1n) is 9.92. The van der Waals surface area contributed by atoms with Gasteiger partial charge in [0.15, 0.2) is 5.65 Å². The van der Waals surface area contributed by atoms with Crippen molar-refractivity contribution in [3.8, 4) is 17.2 Å². The molecule has 1 N–H and O–H groups in total. The van der Waals surface area contributed by atoms with Crippen molar-refractivity contribution < 1.29 is 4.79 Å². The minimum Gasteiger partial charge on any atom is -0.326 e. The molecule has 0 spiro atoms. The molecule has 6 nitrogen and oxygen atoms in total. The Balaban J connectivity index is 1.26. The largest absolute Gasteiger partial charge is 0.326 e. The van der Waals surface area contributed by atoms with Crippen molar-refractivity contribution in [1.82, 2.24) is 14.6 Å². The molecule has 146 valence electrons. The zero-order chi connectivity index (χ0) is 20.5. The number of aromatic nitrogens is 3. The highest BCUT2D eigenvalue weighted by Crippen LogP contribution is 2.42. The minimum atomic E-state index is -0.101. The number of rotatable bonds is 5. The summed E-state index contributed by atoms with van der Waals surface area (Å²) in [5.74, 6) is 0.407. The van der Waals surface area contributed by atoms with Gasteiger partial charge in [-0.3, -0.25) is 4.79 Å². The molecular formula is C24H19N5O. The Hall–Kier alpha value is -3.98. The topological polar surface area (TPSA) is 83.1 Å². The van der Waals surface area contributed by atoms with Gasteiger partial charge in [0.05, 0.1) is 18.1 Å². The molecular weight excluding hydrogens is 374 g/mol. The van der Waals surface area contributed by atoms with Crippen LogP contribution >= 0.6 is 0 Å². The molecule has 0 atom stereocenters. The number of hydrogen-bond acceptors (Lipinski definition) is 4. The average Bonchev–Trinajstić information content (AvgIpc) is 3.50. The molecule has 6 heteroatoms. The van der Waals surface area contributed by atoms with E-state index in [4.69, 9.17) is 0 Å². The number of nitriles is 1. The van der Waals surface area contributed by atoms with Crippen LogP contribution in [-0.4, -0.2) is 20.5 Å².